The van der Waals surface area contributed by atoms with Crippen molar-refractivity contribution in [3.05, 3.63) is 0 Å². The third-order valence-corrected chi connectivity index (χ3v) is 8.32. The third kappa shape index (κ3) is 11.7. The Balaban J connectivity index is 1.94. The van der Waals surface area contributed by atoms with Crippen LogP contribution < -0.4 is 0 Å². The molecule has 0 bridgehead atoms. The van der Waals surface area contributed by atoms with Crippen LogP contribution in [0.15, 0.2) is 0 Å². The summed E-state index contributed by atoms with van der Waals surface area (Å²) < 4.78 is 36.7. The quantitative estimate of drug-likeness (QED) is 0.123. The molecule has 0 amide bonds. The molecule has 0 saturated heterocycles. The lowest BCUT2D eigenvalue weighted by atomic mass is 9.88. The highest BCUT2D eigenvalue weighted by Crippen LogP contribution is 2.36. The van der Waals surface area contributed by atoms with Crippen LogP contribution in [0, 0.1) is 0 Å². The molecule has 0 atom stereocenters. The molecule has 1 rings (SSSR count). The van der Waals surface area contributed by atoms with E-state index in [2.05, 4.69) is 6.92 Å². The summed E-state index contributed by atoms with van der Waals surface area (Å²) >= 11 is 0. The lowest BCUT2D eigenvalue weighted by molar-refractivity contribution is -0.148. The monoisotopic (exact) mass is 460 g/mol. The van der Waals surface area contributed by atoms with E-state index in [0.29, 0.717) is 12.8 Å². The highest BCUT2D eigenvalue weighted by molar-refractivity contribution is 7.88. The summed E-state index contributed by atoms with van der Waals surface area (Å²) in [6, 6.07) is 0. The Hall–Kier alpha value is -0.620. The van der Waals surface area contributed by atoms with Gasteiger partial charge in [-0.15, -0.1) is 0 Å². The lowest BCUT2D eigenvalue weighted by Gasteiger charge is -2.31. The second-order valence-corrected chi connectivity index (χ2v) is 11.2. The number of hydrogen-bond donors (Lipinski definition) is 1. The van der Waals surface area contributed by atoms with Gasteiger partial charge in [-0.05, 0) is 19.3 Å². The number of ether oxygens (including phenoxy) is 1. The van der Waals surface area contributed by atoms with E-state index in [0.717, 1.165) is 25.7 Å². The molecule has 6 heteroatoms. The van der Waals surface area contributed by atoms with E-state index >= 15 is 0 Å². The Kier molecular flexibility index (Phi) is 15.5. The summed E-state index contributed by atoms with van der Waals surface area (Å²) in [5.41, 5.74) is 0. The minimum absolute atomic E-state index is 0.170. The van der Waals surface area contributed by atoms with Crippen LogP contribution in [0.1, 0.15) is 142 Å². The molecule has 1 saturated carbocycles. The Bertz CT molecular complexity index is 552. The average Bonchev–Trinajstić information content (AvgIpc) is 2.75. The summed E-state index contributed by atoms with van der Waals surface area (Å²) in [5.74, 6) is -0.754. The molecular formula is C25H48O5S. The predicted molar refractivity (Wildman–Crippen MR) is 128 cm³/mol. The van der Waals surface area contributed by atoms with Gasteiger partial charge in [0.15, 0.2) is 4.75 Å². The molecule has 1 N–H and O–H groups in total. The van der Waals surface area contributed by atoms with E-state index in [1.807, 2.05) is 0 Å². The van der Waals surface area contributed by atoms with Crippen LogP contribution in [0.4, 0.5) is 0 Å². The van der Waals surface area contributed by atoms with Gasteiger partial charge in [0.1, 0.15) is 0 Å². The van der Waals surface area contributed by atoms with Crippen LogP contribution >= 0.6 is 0 Å². The minimum atomic E-state index is -4.43. The minimum Gasteiger partial charge on any atom is -0.464 e. The Labute approximate surface area is 191 Å². The lowest BCUT2D eigenvalue weighted by Crippen LogP contribution is -2.48. The van der Waals surface area contributed by atoms with Crippen molar-refractivity contribution < 1.29 is 22.5 Å². The maximum atomic E-state index is 12.4. The number of rotatable bonds is 19. The van der Waals surface area contributed by atoms with Gasteiger partial charge < -0.3 is 4.74 Å². The fourth-order valence-corrected chi connectivity index (χ4v) is 5.71. The van der Waals surface area contributed by atoms with E-state index in [9.17, 15) is 17.8 Å². The van der Waals surface area contributed by atoms with Crippen molar-refractivity contribution in [2.24, 2.45) is 0 Å². The molecule has 31 heavy (non-hydrogen) atoms. The first-order chi connectivity index (χ1) is 14.9. The summed E-state index contributed by atoms with van der Waals surface area (Å²) in [4.78, 5) is 12.4. The zero-order valence-corrected chi connectivity index (χ0v) is 20.9. The third-order valence-electron chi connectivity index (χ3n) is 6.76. The summed E-state index contributed by atoms with van der Waals surface area (Å²) in [5, 5.41) is 0. The first-order valence-corrected chi connectivity index (χ1v) is 14.5. The van der Waals surface area contributed by atoms with Crippen LogP contribution in [0.3, 0.4) is 0 Å². The highest BCUT2D eigenvalue weighted by Gasteiger charge is 2.51. The Morgan fingerprint density at radius 3 is 1.48 bits per heavy atom. The second kappa shape index (κ2) is 16.9. The van der Waals surface area contributed by atoms with Crippen molar-refractivity contribution in [1.29, 1.82) is 0 Å². The van der Waals surface area contributed by atoms with Crippen LogP contribution in [-0.2, 0) is 19.6 Å². The van der Waals surface area contributed by atoms with Crippen molar-refractivity contribution in [3.8, 4) is 0 Å². The number of unbranched alkanes of at least 4 members (excludes halogenated alkanes) is 15. The van der Waals surface area contributed by atoms with Crippen molar-refractivity contribution in [2.75, 3.05) is 6.61 Å². The van der Waals surface area contributed by atoms with Crippen molar-refractivity contribution in [3.63, 3.8) is 0 Å². The van der Waals surface area contributed by atoms with Crippen LogP contribution in [0.2, 0.25) is 0 Å². The first kappa shape index (κ1) is 28.4. The molecule has 0 aromatic heterocycles. The Morgan fingerprint density at radius 1 is 0.710 bits per heavy atom. The van der Waals surface area contributed by atoms with Gasteiger partial charge in [0.2, 0.25) is 0 Å². The molecule has 1 aliphatic rings. The number of esters is 1. The van der Waals surface area contributed by atoms with E-state index in [1.54, 1.807) is 0 Å². The molecule has 184 valence electrons. The molecule has 0 aromatic carbocycles. The van der Waals surface area contributed by atoms with Crippen molar-refractivity contribution in [1.82, 2.24) is 0 Å². The van der Waals surface area contributed by atoms with Gasteiger partial charge >= 0.3 is 5.97 Å². The van der Waals surface area contributed by atoms with Crippen LogP contribution in [-0.4, -0.2) is 30.3 Å². The molecule has 0 spiro atoms. The first-order valence-electron chi connectivity index (χ1n) is 13.1. The topological polar surface area (TPSA) is 80.7 Å². The molecule has 1 aliphatic carbocycles. The summed E-state index contributed by atoms with van der Waals surface area (Å²) in [6.45, 7) is 2.51. The maximum Gasteiger partial charge on any atom is 0.329 e. The number of carbonyl (C=O) groups excluding carboxylic acids is 1. The van der Waals surface area contributed by atoms with Crippen molar-refractivity contribution in [2.45, 2.75) is 147 Å². The van der Waals surface area contributed by atoms with Gasteiger partial charge in [-0.1, -0.05) is 122 Å². The molecule has 0 aliphatic heterocycles. The predicted octanol–water partition coefficient (Wildman–Crippen LogP) is 7.38. The molecule has 0 aromatic rings. The Morgan fingerprint density at radius 2 is 1.10 bits per heavy atom. The molecule has 0 unspecified atom stereocenters. The van der Waals surface area contributed by atoms with Crippen LogP contribution in [0.25, 0.3) is 0 Å². The van der Waals surface area contributed by atoms with Gasteiger partial charge in [-0.2, -0.15) is 8.42 Å². The standard InChI is InChI=1S/C25H48O5S/c1-2-3-4-5-6-7-8-9-10-11-12-13-14-15-16-20-23-30-24(26)25(31(27,28)29)21-18-17-19-22-25/h2-23H2,1H3,(H,27,28,29). The summed E-state index contributed by atoms with van der Waals surface area (Å²) in [6.07, 6.45) is 23.0. The maximum absolute atomic E-state index is 12.4. The fourth-order valence-electron chi connectivity index (χ4n) is 4.64. The van der Waals surface area contributed by atoms with Gasteiger partial charge in [0.25, 0.3) is 10.1 Å². The van der Waals surface area contributed by atoms with Gasteiger partial charge in [0, 0.05) is 0 Å². The largest absolute Gasteiger partial charge is 0.464 e. The molecule has 5 nitrogen and oxygen atoms in total. The second-order valence-electron chi connectivity index (χ2n) is 9.47. The zero-order chi connectivity index (χ0) is 22.8. The molecular weight excluding hydrogens is 412 g/mol. The van der Waals surface area contributed by atoms with Gasteiger partial charge in [-0.25, -0.2) is 0 Å². The van der Waals surface area contributed by atoms with Gasteiger partial charge in [0.05, 0.1) is 6.61 Å². The van der Waals surface area contributed by atoms with Crippen molar-refractivity contribution >= 4 is 16.1 Å². The van der Waals surface area contributed by atoms with E-state index in [1.165, 1.54) is 83.5 Å². The van der Waals surface area contributed by atoms with Gasteiger partial charge in [-0.3, -0.25) is 9.35 Å². The smallest absolute Gasteiger partial charge is 0.329 e. The normalized spacial score (nSPS) is 16.3. The number of hydrogen-bond acceptors (Lipinski definition) is 4. The summed E-state index contributed by atoms with van der Waals surface area (Å²) in [7, 11) is -4.43. The zero-order valence-electron chi connectivity index (χ0n) is 20.0. The number of carbonyl (C=O) groups is 1. The fraction of sp³-hybridized carbons (Fsp3) is 0.960. The van der Waals surface area contributed by atoms with E-state index < -0.39 is 20.8 Å². The molecule has 0 heterocycles. The highest BCUT2D eigenvalue weighted by atomic mass is 32.2. The molecule has 1 fully saturated rings. The molecule has 0 radical (unpaired) electrons. The average molecular weight is 461 g/mol. The van der Waals surface area contributed by atoms with E-state index in [4.69, 9.17) is 4.74 Å². The van der Waals surface area contributed by atoms with Crippen LogP contribution in [0.5, 0.6) is 0 Å². The SMILES string of the molecule is CCCCCCCCCCCCCCCCCCOC(=O)C1(S(=O)(=O)O)CCCCC1. The van der Waals surface area contributed by atoms with E-state index in [-0.39, 0.29) is 19.4 Å².